The molecular formula is C13H18N4O2S. The first kappa shape index (κ1) is 14.6. The molecule has 0 atom stereocenters. The summed E-state index contributed by atoms with van der Waals surface area (Å²) in [5.74, 6) is 0.574. The highest BCUT2D eigenvalue weighted by Crippen LogP contribution is 2.21. The average molecular weight is 294 g/mol. The molecule has 108 valence electrons. The Morgan fingerprint density at radius 1 is 1.25 bits per heavy atom. The van der Waals surface area contributed by atoms with Crippen molar-refractivity contribution in [3.63, 3.8) is 0 Å². The van der Waals surface area contributed by atoms with Gasteiger partial charge in [0.25, 0.3) is 0 Å². The van der Waals surface area contributed by atoms with Crippen LogP contribution in [0.2, 0.25) is 0 Å². The SMILES string of the molecule is CC(C)(C)CNc1nccc2cnc(S(C)(=O)=O)nc12. The molecule has 2 heterocycles. The van der Waals surface area contributed by atoms with Crippen molar-refractivity contribution in [1.29, 1.82) is 0 Å². The van der Waals surface area contributed by atoms with Crippen molar-refractivity contribution in [3.8, 4) is 0 Å². The van der Waals surface area contributed by atoms with E-state index in [0.717, 1.165) is 11.6 Å². The quantitative estimate of drug-likeness (QED) is 0.870. The van der Waals surface area contributed by atoms with Gasteiger partial charge in [-0.15, -0.1) is 0 Å². The van der Waals surface area contributed by atoms with Gasteiger partial charge in [-0.05, 0) is 11.5 Å². The number of aromatic nitrogens is 3. The van der Waals surface area contributed by atoms with E-state index >= 15 is 0 Å². The van der Waals surface area contributed by atoms with Gasteiger partial charge in [-0.2, -0.15) is 0 Å². The fraction of sp³-hybridized carbons (Fsp3) is 0.462. The summed E-state index contributed by atoms with van der Waals surface area (Å²) in [7, 11) is -3.43. The lowest BCUT2D eigenvalue weighted by Crippen LogP contribution is -2.20. The van der Waals surface area contributed by atoms with Crippen LogP contribution in [0.25, 0.3) is 10.9 Å². The number of hydrogen-bond donors (Lipinski definition) is 1. The third-order valence-electron chi connectivity index (χ3n) is 2.59. The normalized spacial score (nSPS) is 12.6. The minimum absolute atomic E-state index is 0.0799. The van der Waals surface area contributed by atoms with Gasteiger partial charge in [0.05, 0.1) is 0 Å². The first-order valence-corrected chi connectivity index (χ1v) is 8.12. The molecule has 0 aliphatic carbocycles. The van der Waals surface area contributed by atoms with Gasteiger partial charge < -0.3 is 5.32 Å². The van der Waals surface area contributed by atoms with Crippen LogP contribution in [-0.4, -0.2) is 36.2 Å². The second-order valence-corrected chi connectivity index (χ2v) is 7.85. The number of anilines is 1. The van der Waals surface area contributed by atoms with Crippen LogP contribution < -0.4 is 5.32 Å². The highest BCUT2D eigenvalue weighted by atomic mass is 32.2. The van der Waals surface area contributed by atoms with E-state index in [-0.39, 0.29) is 10.6 Å². The van der Waals surface area contributed by atoms with Crippen LogP contribution in [0.15, 0.2) is 23.6 Å². The Kier molecular flexibility index (Phi) is 3.64. The van der Waals surface area contributed by atoms with Crippen molar-refractivity contribution in [1.82, 2.24) is 15.0 Å². The second kappa shape index (κ2) is 4.97. The zero-order valence-corrected chi connectivity index (χ0v) is 12.8. The molecule has 6 nitrogen and oxygen atoms in total. The lowest BCUT2D eigenvalue weighted by atomic mass is 9.97. The lowest BCUT2D eigenvalue weighted by molar-refractivity contribution is 0.442. The smallest absolute Gasteiger partial charge is 0.247 e. The Balaban J connectivity index is 2.49. The van der Waals surface area contributed by atoms with Crippen molar-refractivity contribution < 1.29 is 8.42 Å². The van der Waals surface area contributed by atoms with Gasteiger partial charge >= 0.3 is 0 Å². The second-order valence-electron chi connectivity index (χ2n) is 5.94. The number of pyridine rings is 1. The first-order valence-electron chi connectivity index (χ1n) is 6.22. The number of hydrogen-bond acceptors (Lipinski definition) is 6. The Labute approximate surface area is 118 Å². The first-order chi connectivity index (χ1) is 9.17. The Hall–Kier alpha value is -1.76. The number of fused-ring (bicyclic) bond motifs is 1. The van der Waals surface area contributed by atoms with E-state index < -0.39 is 9.84 Å². The van der Waals surface area contributed by atoms with Crippen molar-refractivity contribution in [2.75, 3.05) is 18.1 Å². The molecular weight excluding hydrogens is 276 g/mol. The number of sulfone groups is 1. The van der Waals surface area contributed by atoms with Gasteiger partial charge in [-0.1, -0.05) is 20.8 Å². The van der Waals surface area contributed by atoms with Gasteiger partial charge in [0.2, 0.25) is 15.0 Å². The highest BCUT2D eigenvalue weighted by Gasteiger charge is 2.15. The van der Waals surface area contributed by atoms with Crippen LogP contribution in [0.5, 0.6) is 0 Å². The van der Waals surface area contributed by atoms with Gasteiger partial charge in [0, 0.05) is 30.6 Å². The van der Waals surface area contributed by atoms with E-state index in [1.807, 2.05) is 0 Å². The molecule has 0 amide bonds. The fourth-order valence-electron chi connectivity index (χ4n) is 1.60. The van der Waals surface area contributed by atoms with Crippen molar-refractivity contribution in [2.45, 2.75) is 25.9 Å². The van der Waals surface area contributed by atoms with Crippen LogP contribution in [0.1, 0.15) is 20.8 Å². The van der Waals surface area contributed by atoms with E-state index in [4.69, 9.17) is 0 Å². The summed E-state index contributed by atoms with van der Waals surface area (Å²) in [5, 5.41) is 3.78. The predicted molar refractivity (Wildman–Crippen MR) is 78.4 cm³/mol. The molecule has 1 N–H and O–H groups in total. The van der Waals surface area contributed by atoms with E-state index in [0.29, 0.717) is 17.9 Å². The van der Waals surface area contributed by atoms with Crippen molar-refractivity contribution in [3.05, 3.63) is 18.5 Å². The molecule has 0 saturated carbocycles. The van der Waals surface area contributed by atoms with Crippen molar-refractivity contribution in [2.24, 2.45) is 5.41 Å². The average Bonchev–Trinajstić information content (AvgIpc) is 2.33. The molecule has 0 bridgehead atoms. The molecule has 0 aromatic carbocycles. The van der Waals surface area contributed by atoms with Crippen LogP contribution in [0.3, 0.4) is 0 Å². The molecule has 0 radical (unpaired) electrons. The molecule has 0 aliphatic heterocycles. The fourth-order valence-corrected chi connectivity index (χ4v) is 2.10. The third-order valence-corrected chi connectivity index (χ3v) is 3.45. The highest BCUT2D eigenvalue weighted by molar-refractivity contribution is 7.90. The van der Waals surface area contributed by atoms with Crippen molar-refractivity contribution >= 4 is 26.6 Å². The number of nitrogens with zero attached hydrogens (tertiary/aromatic N) is 3. The molecule has 2 rings (SSSR count). The van der Waals surface area contributed by atoms with E-state index in [2.05, 4.69) is 41.0 Å². The Morgan fingerprint density at radius 3 is 2.55 bits per heavy atom. The van der Waals surface area contributed by atoms with Gasteiger partial charge in [-0.25, -0.2) is 23.4 Å². The van der Waals surface area contributed by atoms with Gasteiger partial charge in [0.1, 0.15) is 5.52 Å². The Bertz CT molecular complexity index is 736. The number of rotatable bonds is 3. The van der Waals surface area contributed by atoms with Crippen LogP contribution in [0.4, 0.5) is 5.82 Å². The molecule has 2 aromatic rings. The summed E-state index contributed by atoms with van der Waals surface area (Å²) in [6, 6.07) is 1.75. The molecule has 0 spiro atoms. The monoisotopic (exact) mass is 294 g/mol. The lowest BCUT2D eigenvalue weighted by Gasteiger charge is -2.19. The van der Waals surface area contributed by atoms with Crippen LogP contribution >= 0.6 is 0 Å². The standard InChI is InChI=1S/C13H18N4O2S/c1-13(2,3)8-16-11-10-9(5-6-14-11)7-15-12(17-10)20(4,18)19/h5-7H,8H2,1-4H3,(H,14,16). The molecule has 0 saturated heterocycles. The largest absolute Gasteiger partial charge is 0.368 e. The summed E-state index contributed by atoms with van der Waals surface area (Å²) < 4.78 is 23.1. The van der Waals surface area contributed by atoms with E-state index in [9.17, 15) is 8.42 Å². The summed E-state index contributed by atoms with van der Waals surface area (Å²) >= 11 is 0. The van der Waals surface area contributed by atoms with Gasteiger partial charge in [0.15, 0.2) is 5.82 Å². The predicted octanol–water partition coefficient (Wildman–Crippen LogP) is 1.89. The molecule has 7 heteroatoms. The van der Waals surface area contributed by atoms with Crippen LogP contribution in [-0.2, 0) is 9.84 Å². The minimum Gasteiger partial charge on any atom is -0.368 e. The summed E-state index contributed by atoms with van der Waals surface area (Å²) in [6.07, 6.45) is 4.24. The molecule has 0 aliphatic rings. The molecule has 2 aromatic heterocycles. The molecule has 0 fully saturated rings. The van der Waals surface area contributed by atoms with E-state index in [1.165, 1.54) is 6.20 Å². The summed E-state index contributed by atoms with van der Waals surface area (Å²) in [4.78, 5) is 12.2. The topological polar surface area (TPSA) is 84.8 Å². The molecule has 0 unspecified atom stereocenters. The minimum atomic E-state index is -3.43. The zero-order valence-electron chi connectivity index (χ0n) is 12.0. The summed E-state index contributed by atoms with van der Waals surface area (Å²) in [5.41, 5.74) is 0.600. The third kappa shape index (κ3) is 3.41. The summed E-state index contributed by atoms with van der Waals surface area (Å²) in [6.45, 7) is 7.00. The Morgan fingerprint density at radius 2 is 1.95 bits per heavy atom. The maximum Gasteiger partial charge on any atom is 0.247 e. The maximum atomic E-state index is 11.5. The maximum absolute atomic E-state index is 11.5. The van der Waals surface area contributed by atoms with Gasteiger partial charge in [-0.3, -0.25) is 0 Å². The zero-order chi connectivity index (χ0) is 15.0. The van der Waals surface area contributed by atoms with E-state index in [1.54, 1.807) is 12.3 Å². The molecule has 20 heavy (non-hydrogen) atoms. The number of nitrogens with one attached hydrogen (secondary N) is 1. The van der Waals surface area contributed by atoms with Crippen LogP contribution in [0, 0.1) is 5.41 Å².